The number of fused-ring (bicyclic) bond motifs is 1. The lowest BCUT2D eigenvalue weighted by atomic mass is 9.93. The summed E-state index contributed by atoms with van der Waals surface area (Å²) in [5, 5.41) is 20.6. The largest absolute Gasteiger partial charge is 0.423 e. The molecule has 2 aliphatic rings. The van der Waals surface area contributed by atoms with E-state index in [0.29, 0.717) is 49.4 Å². The van der Waals surface area contributed by atoms with Gasteiger partial charge in [-0.3, -0.25) is 4.79 Å². The molecule has 2 aromatic carbocycles. The van der Waals surface area contributed by atoms with Crippen LogP contribution in [0, 0.1) is 0 Å². The van der Waals surface area contributed by atoms with Gasteiger partial charge >= 0.3 is 5.97 Å². The Morgan fingerprint density at radius 1 is 1.12 bits per heavy atom. The Morgan fingerprint density at radius 3 is 2.61 bits per heavy atom. The highest BCUT2D eigenvalue weighted by molar-refractivity contribution is 5.88. The fraction of sp³-hybridized carbons (Fsp3) is 0.516. The number of anilines is 1. The van der Waals surface area contributed by atoms with Crippen molar-refractivity contribution in [2.45, 2.75) is 70.1 Å². The fourth-order valence-corrected chi connectivity index (χ4v) is 5.76. The summed E-state index contributed by atoms with van der Waals surface area (Å²) in [4.78, 5) is 35.7. The number of esters is 1. The number of hydrogen-bond acceptors (Lipinski definition) is 9. The van der Waals surface area contributed by atoms with Crippen LogP contribution in [0.25, 0.3) is 0 Å². The maximum absolute atomic E-state index is 13.0. The number of rotatable bonds is 12. The first kappa shape index (κ1) is 30.3. The van der Waals surface area contributed by atoms with Gasteiger partial charge in [0, 0.05) is 45.2 Å². The van der Waals surface area contributed by atoms with Crippen molar-refractivity contribution in [2.75, 3.05) is 38.7 Å². The van der Waals surface area contributed by atoms with E-state index in [1.807, 2.05) is 60.3 Å². The number of amides is 1. The molecule has 1 saturated carbocycles. The molecule has 0 saturated heterocycles. The van der Waals surface area contributed by atoms with Gasteiger partial charge < -0.3 is 35.4 Å². The van der Waals surface area contributed by atoms with E-state index in [4.69, 9.17) is 10.5 Å². The lowest BCUT2D eigenvalue weighted by Crippen LogP contribution is -2.43. The van der Waals surface area contributed by atoms with Crippen LogP contribution in [0.3, 0.4) is 0 Å². The lowest BCUT2D eigenvalue weighted by Gasteiger charge is -2.34. The van der Waals surface area contributed by atoms with E-state index in [1.54, 1.807) is 11.0 Å². The Kier molecular flexibility index (Phi) is 10.6. The zero-order chi connectivity index (χ0) is 29.4. The second-order valence-corrected chi connectivity index (χ2v) is 11.0. The van der Waals surface area contributed by atoms with Gasteiger partial charge in [-0.05, 0) is 49.4 Å². The number of benzene rings is 2. The number of carbonyl (C=O) groups is 2. The van der Waals surface area contributed by atoms with Crippen LogP contribution in [0.1, 0.15) is 68.6 Å². The average Bonchev–Trinajstić information content (AvgIpc) is 2.96. The van der Waals surface area contributed by atoms with E-state index < -0.39 is 12.1 Å². The predicted octanol–water partition coefficient (Wildman–Crippen LogP) is 3.48. The van der Waals surface area contributed by atoms with Crippen LogP contribution in [0.5, 0.6) is 5.75 Å². The van der Waals surface area contributed by atoms with Crippen molar-refractivity contribution in [1.82, 2.24) is 9.80 Å². The third kappa shape index (κ3) is 7.77. The molecule has 0 spiro atoms. The summed E-state index contributed by atoms with van der Waals surface area (Å²) in [5.74, 6) is 0.232. The van der Waals surface area contributed by atoms with Crippen molar-refractivity contribution in [1.29, 1.82) is 0 Å². The minimum Gasteiger partial charge on any atom is -0.423 e. The van der Waals surface area contributed by atoms with Crippen LogP contribution in [0.2, 0.25) is 0 Å². The molecule has 1 atom stereocenters. The number of ether oxygens (including phenoxy) is 1. The van der Waals surface area contributed by atoms with Crippen molar-refractivity contribution in [3.05, 3.63) is 53.6 Å². The Bertz CT molecular complexity index is 1230. The molecule has 1 unspecified atom stereocenters. The number of nitrogens with two attached hydrogens (primary N) is 1. The molecule has 1 aliphatic carbocycles. The average molecular weight is 566 g/mol. The molecule has 10 nitrogen and oxygen atoms in total. The van der Waals surface area contributed by atoms with E-state index in [1.165, 1.54) is 6.42 Å². The quantitative estimate of drug-likeness (QED) is 0.263. The molecule has 41 heavy (non-hydrogen) atoms. The zero-order valence-corrected chi connectivity index (χ0v) is 24.2. The summed E-state index contributed by atoms with van der Waals surface area (Å²) in [6.45, 7) is 0.512. The number of hydrogen-bond donors (Lipinski definition) is 3. The molecular weight excluding hydrogens is 522 g/mol. The van der Waals surface area contributed by atoms with E-state index in [-0.39, 0.29) is 31.1 Å². The molecule has 1 aliphatic heterocycles. The van der Waals surface area contributed by atoms with Gasteiger partial charge in [0.25, 0.3) is 0 Å². The van der Waals surface area contributed by atoms with Gasteiger partial charge in [-0.2, -0.15) is 0 Å². The third-order valence-electron chi connectivity index (χ3n) is 7.89. The van der Waals surface area contributed by atoms with E-state index in [0.717, 1.165) is 36.9 Å². The van der Waals surface area contributed by atoms with E-state index in [9.17, 15) is 19.8 Å². The smallest absolute Gasteiger partial charge is 0.331 e. The number of aliphatic hydroxyl groups is 2. The number of aliphatic hydroxyl groups excluding tert-OH is 2. The van der Waals surface area contributed by atoms with Crippen LogP contribution < -0.4 is 15.4 Å². The first-order chi connectivity index (χ1) is 19.8. The number of para-hydroxylation sites is 2. The standard InChI is InChI=1S/C31H43N5O5/c1-34(2)26-14-6-7-16-28(26)41-30(40)21-35-20-24-23(12-8-13-25(24)33-31(35)32)27(38)15-9-17-29(39)36(18-19-37)22-10-4-3-5-11-22/h6-8,12-14,16,22,27,37-38H,3-5,9-11,15,17-21H2,1-2H3,(H2,32,33). The minimum atomic E-state index is -0.797. The maximum Gasteiger partial charge on any atom is 0.331 e. The van der Waals surface area contributed by atoms with Crippen molar-refractivity contribution in [3.8, 4) is 5.75 Å². The summed E-state index contributed by atoms with van der Waals surface area (Å²) in [5.41, 5.74) is 9.16. The molecule has 0 bridgehead atoms. The Morgan fingerprint density at radius 2 is 1.88 bits per heavy atom. The first-order valence-corrected chi connectivity index (χ1v) is 14.5. The van der Waals surface area contributed by atoms with Crippen molar-refractivity contribution >= 4 is 29.2 Å². The number of guanidine groups is 1. The zero-order valence-electron chi connectivity index (χ0n) is 24.2. The van der Waals surface area contributed by atoms with Crippen LogP contribution in [0.15, 0.2) is 47.5 Å². The molecule has 1 fully saturated rings. The molecule has 2 aromatic rings. The Labute approximate surface area is 242 Å². The summed E-state index contributed by atoms with van der Waals surface area (Å²) in [7, 11) is 3.76. The van der Waals surface area contributed by atoms with Crippen LogP contribution in [-0.4, -0.2) is 77.7 Å². The van der Waals surface area contributed by atoms with E-state index >= 15 is 0 Å². The number of carbonyl (C=O) groups excluding carboxylic acids is 2. The Balaban J connectivity index is 1.37. The van der Waals surface area contributed by atoms with Gasteiger partial charge in [0.2, 0.25) is 5.91 Å². The molecule has 0 aromatic heterocycles. The monoisotopic (exact) mass is 565 g/mol. The summed E-state index contributed by atoms with van der Waals surface area (Å²) in [6, 6.07) is 13.0. The highest BCUT2D eigenvalue weighted by atomic mass is 16.5. The normalized spacial score (nSPS) is 16.0. The van der Waals surface area contributed by atoms with Crippen LogP contribution in [0.4, 0.5) is 11.4 Å². The maximum atomic E-state index is 13.0. The molecule has 10 heteroatoms. The highest BCUT2D eigenvalue weighted by Gasteiger charge is 2.27. The van der Waals surface area contributed by atoms with Crippen LogP contribution in [-0.2, 0) is 16.1 Å². The summed E-state index contributed by atoms with van der Waals surface area (Å²) in [6.07, 6.45) is 5.85. The fourth-order valence-electron chi connectivity index (χ4n) is 5.76. The molecule has 4 rings (SSSR count). The molecular formula is C31H43N5O5. The minimum absolute atomic E-state index is 0.0335. The predicted molar refractivity (Wildman–Crippen MR) is 159 cm³/mol. The van der Waals surface area contributed by atoms with E-state index in [2.05, 4.69) is 4.99 Å². The molecule has 222 valence electrons. The first-order valence-electron chi connectivity index (χ1n) is 14.5. The van der Waals surface area contributed by atoms with Gasteiger partial charge in [-0.1, -0.05) is 43.5 Å². The second kappa shape index (κ2) is 14.3. The molecule has 0 radical (unpaired) electrons. The van der Waals surface area contributed by atoms with Gasteiger partial charge in [-0.15, -0.1) is 0 Å². The number of aliphatic imine (C=N–C) groups is 1. The third-order valence-corrected chi connectivity index (χ3v) is 7.89. The van der Waals surface area contributed by atoms with Gasteiger partial charge in [0.15, 0.2) is 11.7 Å². The highest BCUT2D eigenvalue weighted by Crippen LogP contribution is 2.34. The van der Waals surface area contributed by atoms with Crippen molar-refractivity contribution in [3.63, 3.8) is 0 Å². The van der Waals surface area contributed by atoms with Gasteiger partial charge in [-0.25, -0.2) is 9.79 Å². The topological polar surface area (TPSA) is 132 Å². The number of nitrogens with zero attached hydrogens (tertiary/aromatic N) is 4. The molecule has 1 heterocycles. The summed E-state index contributed by atoms with van der Waals surface area (Å²) < 4.78 is 5.65. The second-order valence-electron chi connectivity index (χ2n) is 11.0. The summed E-state index contributed by atoms with van der Waals surface area (Å²) >= 11 is 0. The molecule has 4 N–H and O–H groups in total. The van der Waals surface area contributed by atoms with Gasteiger partial charge in [0.1, 0.15) is 6.54 Å². The van der Waals surface area contributed by atoms with Crippen molar-refractivity contribution < 1.29 is 24.5 Å². The van der Waals surface area contributed by atoms with Gasteiger partial charge in [0.05, 0.1) is 24.1 Å². The van der Waals surface area contributed by atoms with Crippen LogP contribution >= 0.6 is 0 Å². The SMILES string of the molecule is CN(C)c1ccccc1OC(=O)CN1Cc2c(cccc2C(O)CCCC(=O)N(CCO)C2CCCCC2)N=C1N. The Hall–Kier alpha value is -3.63. The molecule has 1 amide bonds. The van der Waals surface area contributed by atoms with Crippen molar-refractivity contribution in [2.24, 2.45) is 10.7 Å². The lowest BCUT2D eigenvalue weighted by molar-refractivity contribution is -0.135.